The third-order valence-electron chi connectivity index (χ3n) is 3.11. The summed E-state index contributed by atoms with van der Waals surface area (Å²) in [5.41, 5.74) is 0. The minimum Gasteiger partial charge on any atom is -0.466 e. The lowest BCUT2D eigenvalue weighted by molar-refractivity contribution is -0.148. The molecule has 1 rings (SSSR count). The van der Waals surface area contributed by atoms with Crippen molar-refractivity contribution in [2.45, 2.75) is 32.7 Å². The number of nitrogens with one attached hydrogen (secondary N) is 1. The van der Waals surface area contributed by atoms with Gasteiger partial charge in [-0.1, -0.05) is 6.92 Å². The van der Waals surface area contributed by atoms with Crippen LogP contribution in [0.25, 0.3) is 0 Å². The molecule has 1 heterocycles. The molecule has 5 heteroatoms. The highest BCUT2D eigenvalue weighted by molar-refractivity contribution is 5.81. The molecule has 1 saturated heterocycles. The summed E-state index contributed by atoms with van der Waals surface area (Å²) in [6.45, 7) is 5.52. The average Bonchev–Trinajstić information content (AvgIpc) is 2.76. The summed E-state index contributed by atoms with van der Waals surface area (Å²) in [5, 5.41) is 2.67. The number of hydrogen-bond donors (Lipinski definition) is 1. The van der Waals surface area contributed by atoms with Crippen LogP contribution in [0.3, 0.4) is 0 Å². The SMILES string of the molecule is CCOC(=O)C(C)CN1CCCC1C(=O)NC. The van der Waals surface area contributed by atoms with E-state index in [0.717, 1.165) is 19.4 Å². The monoisotopic (exact) mass is 242 g/mol. The van der Waals surface area contributed by atoms with Gasteiger partial charge in [-0.05, 0) is 26.3 Å². The van der Waals surface area contributed by atoms with Crippen molar-refractivity contribution in [1.29, 1.82) is 0 Å². The van der Waals surface area contributed by atoms with Crippen LogP contribution in [-0.2, 0) is 14.3 Å². The van der Waals surface area contributed by atoms with E-state index in [1.54, 1.807) is 14.0 Å². The van der Waals surface area contributed by atoms with Gasteiger partial charge in [0.05, 0.1) is 18.6 Å². The van der Waals surface area contributed by atoms with E-state index in [-0.39, 0.29) is 23.8 Å². The lowest BCUT2D eigenvalue weighted by atomic mass is 10.1. The van der Waals surface area contributed by atoms with Crippen LogP contribution in [0.2, 0.25) is 0 Å². The fourth-order valence-electron chi connectivity index (χ4n) is 2.22. The van der Waals surface area contributed by atoms with Crippen molar-refractivity contribution >= 4 is 11.9 Å². The fourth-order valence-corrected chi connectivity index (χ4v) is 2.22. The van der Waals surface area contributed by atoms with E-state index in [0.29, 0.717) is 13.2 Å². The van der Waals surface area contributed by atoms with Crippen LogP contribution < -0.4 is 5.32 Å². The highest BCUT2D eigenvalue weighted by atomic mass is 16.5. The van der Waals surface area contributed by atoms with E-state index < -0.39 is 0 Å². The Morgan fingerprint density at radius 3 is 2.82 bits per heavy atom. The molecule has 0 radical (unpaired) electrons. The van der Waals surface area contributed by atoms with Crippen LogP contribution in [0.1, 0.15) is 26.7 Å². The molecule has 0 bridgehead atoms. The van der Waals surface area contributed by atoms with E-state index in [9.17, 15) is 9.59 Å². The number of carbonyl (C=O) groups excluding carboxylic acids is 2. The van der Waals surface area contributed by atoms with Gasteiger partial charge in [0.2, 0.25) is 5.91 Å². The number of esters is 1. The van der Waals surface area contributed by atoms with Gasteiger partial charge < -0.3 is 10.1 Å². The van der Waals surface area contributed by atoms with Crippen molar-refractivity contribution in [2.75, 3.05) is 26.7 Å². The summed E-state index contributed by atoms with van der Waals surface area (Å²) in [6.07, 6.45) is 1.88. The first kappa shape index (κ1) is 14.0. The second-order valence-corrected chi connectivity index (χ2v) is 4.42. The molecular formula is C12H22N2O3. The predicted molar refractivity (Wildman–Crippen MR) is 64.5 cm³/mol. The lowest BCUT2D eigenvalue weighted by Gasteiger charge is -2.25. The molecule has 98 valence electrons. The second-order valence-electron chi connectivity index (χ2n) is 4.42. The minimum absolute atomic E-state index is 0.0403. The van der Waals surface area contributed by atoms with Crippen LogP contribution in [0.4, 0.5) is 0 Å². The minimum atomic E-state index is -0.185. The van der Waals surface area contributed by atoms with E-state index in [4.69, 9.17) is 4.74 Å². The highest BCUT2D eigenvalue weighted by Crippen LogP contribution is 2.19. The zero-order valence-electron chi connectivity index (χ0n) is 10.9. The quantitative estimate of drug-likeness (QED) is 0.709. The normalized spacial score (nSPS) is 22.2. The largest absolute Gasteiger partial charge is 0.466 e. The van der Waals surface area contributed by atoms with Gasteiger partial charge in [-0.25, -0.2) is 0 Å². The molecule has 0 spiro atoms. The van der Waals surface area contributed by atoms with Crippen LogP contribution in [0.15, 0.2) is 0 Å². The summed E-state index contributed by atoms with van der Waals surface area (Å²) >= 11 is 0. The molecule has 1 fully saturated rings. The van der Waals surface area contributed by atoms with E-state index >= 15 is 0 Å². The number of carbonyl (C=O) groups is 2. The molecular weight excluding hydrogens is 220 g/mol. The molecule has 1 amide bonds. The van der Waals surface area contributed by atoms with Gasteiger partial charge in [-0.3, -0.25) is 14.5 Å². The van der Waals surface area contributed by atoms with Gasteiger partial charge in [0, 0.05) is 13.6 Å². The number of ether oxygens (including phenoxy) is 1. The number of nitrogens with zero attached hydrogens (tertiary/aromatic N) is 1. The summed E-state index contributed by atoms with van der Waals surface area (Å²) in [4.78, 5) is 25.2. The lowest BCUT2D eigenvalue weighted by Crippen LogP contribution is -2.44. The summed E-state index contributed by atoms with van der Waals surface area (Å²) in [5.74, 6) is -0.325. The highest BCUT2D eigenvalue weighted by Gasteiger charge is 2.32. The van der Waals surface area contributed by atoms with Gasteiger partial charge in [0.1, 0.15) is 0 Å². The maximum Gasteiger partial charge on any atom is 0.309 e. The van der Waals surface area contributed by atoms with Crippen molar-refractivity contribution in [2.24, 2.45) is 5.92 Å². The molecule has 0 aliphatic carbocycles. The van der Waals surface area contributed by atoms with Gasteiger partial charge in [-0.2, -0.15) is 0 Å². The molecule has 1 N–H and O–H groups in total. The Labute approximate surface area is 102 Å². The first-order chi connectivity index (χ1) is 8.10. The summed E-state index contributed by atoms with van der Waals surface area (Å²) in [6, 6.07) is -0.0862. The Balaban J connectivity index is 2.49. The molecule has 2 atom stereocenters. The average molecular weight is 242 g/mol. The number of likely N-dealkylation sites (tertiary alicyclic amines) is 1. The van der Waals surface area contributed by atoms with Gasteiger partial charge >= 0.3 is 5.97 Å². The van der Waals surface area contributed by atoms with E-state index in [1.807, 2.05) is 6.92 Å². The Morgan fingerprint density at radius 1 is 1.53 bits per heavy atom. The molecule has 1 aliphatic heterocycles. The number of likely N-dealkylation sites (N-methyl/N-ethyl adjacent to an activating group) is 1. The van der Waals surface area contributed by atoms with Gasteiger partial charge in [-0.15, -0.1) is 0 Å². The molecule has 0 aromatic carbocycles. The van der Waals surface area contributed by atoms with Crippen molar-refractivity contribution < 1.29 is 14.3 Å². The van der Waals surface area contributed by atoms with Crippen molar-refractivity contribution in [3.63, 3.8) is 0 Å². The van der Waals surface area contributed by atoms with Crippen molar-refractivity contribution in [3.05, 3.63) is 0 Å². The Kier molecular flexibility index (Phi) is 5.41. The zero-order valence-corrected chi connectivity index (χ0v) is 10.9. The summed E-state index contributed by atoms with van der Waals surface area (Å²) in [7, 11) is 1.65. The number of amides is 1. The van der Waals surface area contributed by atoms with E-state index in [1.165, 1.54) is 0 Å². The van der Waals surface area contributed by atoms with Crippen LogP contribution in [0.5, 0.6) is 0 Å². The van der Waals surface area contributed by atoms with Crippen LogP contribution in [0, 0.1) is 5.92 Å². The maximum absolute atomic E-state index is 11.6. The Bertz CT molecular complexity index is 281. The molecule has 0 saturated carbocycles. The van der Waals surface area contributed by atoms with Gasteiger partial charge in [0.25, 0.3) is 0 Å². The second kappa shape index (κ2) is 6.59. The standard InChI is InChI=1S/C12H22N2O3/c1-4-17-12(16)9(2)8-14-7-5-6-10(14)11(15)13-3/h9-10H,4-8H2,1-3H3,(H,13,15). The first-order valence-corrected chi connectivity index (χ1v) is 6.22. The molecule has 1 aliphatic rings. The Hall–Kier alpha value is -1.10. The zero-order chi connectivity index (χ0) is 12.8. The molecule has 17 heavy (non-hydrogen) atoms. The third-order valence-corrected chi connectivity index (χ3v) is 3.11. The maximum atomic E-state index is 11.6. The van der Waals surface area contributed by atoms with Crippen molar-refractivity contribution in [3.8, 4) is 0 Å². The summed E-state index contributed by atoms with van der Waals surface area (Å²) < 4.78 is 4.97. The molecule has 2 unspecified atom stereocenters. The number of hydrogen-bond acceptors (Lipinski definition) is 4. The number of rotatable bonds is 5. The van der Waals surface area contributed by atoms with E-state index in [2.05, 4.69) is 10.2 Å². The fraction of sp³-hybridized carbons (Fsp3) is 0.833. The van der Waals surface area contributed by atoms with Crippen molar-refractivity contribution in [1.82, 2.24) is 10.2 Å². The Morgan fingerprint density at radius 2 is 2.24 bits per heavy atom. The van der Waals surface area contributed by atoms with Gasteiger partial charge in [0.15, 0.2) is 0 Å². The first-order valence-electron chi connectivity index (χ1n) is 6.22. The smallest absolute Gasteiger partial charge is 0.309 e. The molecule has 5 nitrogen and oxygen atoms in total. The molecule has 0 aromatic heterocycles. The molecule has 0 aromatic rings. The third kappa shape index (κ3) is 3.70. The van der Waals surface area contributed by atoms with Crippen LogP contribution in [-0.4, -0.2) is 49.6 Å². The predicted octanol–water partition coefficient (Wildman–Crippen LogP) is 0.396. The topological polar surface area (TPSA) is 58.6 Å². The van der Waals surface area contributed by atoms with Crippen LogP contribution >= 0.6 is 0 Å².